The minimum absolute atomic E-state index is 0.0580. The molecule has 1 aliphatic heterocycles. The van der Waals surface area contributed by atoms with Crippen LogP contribution in [0.25, 0.3) is 6.08 Å². The topological polar surface area (TPSA) is 83.7 Å². The molecule has 32 heavy (non-hydrogen) atoms. The Balaban J connectivity index is 1.58. The number of thioether (sulfide) groups is 1. The zero-order chi connectivity index (χ0) is 22.9. The number of carbonyl (C=O) groups excluding carboxylic acids is 1. The number of hydrogen-bond donors (Lipinski definition) is 1. The van der Waals surface area contributed by atoms with E-state index in [2.05, 4.69) is 10.3 Å². The summed E-state index contributed by atoms with van der Waals surface area (Å²) in [4.78, 5) is 16.5. The van der Waals surface area contributed by atoms with Gasteiger partial charge in [-0.15, -0.1) is 0 Å². The maximum atomic E-state index is 13.4. The lowest BCUT2D eigenvalue weighted by Gasteiger charge is -2.16. The van der Waals surface area contributed by atoms with Crippen LogP contribution in [0.5, 0.6) is 17.2 Å². The summed E-state index contributed by atoms with van der Waals surface area (Å²) in [5, 5.41) is 12.6. The van der Waals surface area contributed by atoms with Crippen LogP contribution in [-0.2, 0) is 11.0 Å². The van der Waals surface area contributed by atoms with Crippen LogP contribution in [0.3, 0.4) is 0 Å². The van der Waals surface area contributed by atoms with E-state index in [1.165, 1.54) is 31.0 Å². The zero-order valence-corrected chi connectivity index (χ0v) is 17.5. The Hall–Kier alpha value is -3.45. The third kappa shape index (κ3) is 4.89. The number of benzene rings is 2. The molecular formula is C22H16F3N3O3S. The van der Waals surface area contributed by atoms with E-state index >= 15 is 0 Å². The molecule has 0 saturated heterocycles. The van der Waals surface area contributed by atoms with Gasteiger partial charge in [-0.1, -0.05) is 6.07 Å². The lowest BCUT2D eigenvalue weighted by Crippen LogP contribution is -2.20. The number of nitriles is 1. The van der Waals surface area contributed by atoms with Crippen molar-refractivity contribution < 1.29 is 27.4 Å². The predicted octanol–water partition coefficient (Wildman–Crippen LogP) is 5.10. The van der Waals surface area contributed by atoms with E-state index in [4.69, 9.17) is 14.7 Å². The lowest BCUT2D eigenvalue weighted by atomic mass is 10.1. The minimum Gasteiger partial charge on any atom is -0.493 e. The van der Waals surface area contributed by atoms with Gasteiger partial charge in [0.1, 0.15) is 5.75 Å². The fourth-order valence-electron chi connectivity index (χ4n) is 2.91. The molecule has 1 saturated carbocycles. The fourth-order valence-corrected chi connectivity index (χ4v) is 3.80. The molecule has 1 N–H and O–H groups in total. The summed E-state index contributed by atoms with van der Waals surface area (Å²) in [5.74, 6) is -0.566. The van der Waals surface area contributed by atoms with E-state index in [0.717, 1.165) is 25.0 Å². The van der Waals surface area contributed by atoms with E-state index in [0.29, 0.717) is 21.7 Å². The van der Waals surface area contributed by atoms with Crippen molar-refractivity contribution >= 4 is 28.9 Å². The van der Waals surface area contributed by atoms with Gasteiger partial charge < -0.3 is 14.8 Å². The Kier molecular flexibility index (Phi) is 5.84. The fraction of sp³-hybridized carbons (Fsp3) is 0.227. The molecule has 1 aliphatic carbocycles. The number of hydrogen-bond acceptors (Lipinski definition) is 6. The molecule has 2 aromatic carbocycles. The highest BCUT2D eigenvalue weighted by Gasteiger charge is 2.35. The van der Waals surface area contributed by atoms with Crippen molar-refractivity contribution in [2.24, 2.45) is 4.99 Å². The number of methoxy groups -OCH3 is 1. The summed E-state index contributed by atoms with van der Waals surface area (Å²) in [6.45, 7) is 0. The monoisotopic (exact) mass is 459 g/mol. The van der Waals surface area contributed by atoms with Crippen LogP contribution in [0.15, 0.2) is 46.3 Å². The number of aliphatic imine (C=N–C) groups is 1. The van der Waals surface area contributed by atoms with Crippen molar-refractivity contribution in [1.29, 1.82) is 5.26 Å². The molecule has 1 fully saturated rings. The molecule has 6 nitrogen and oxygen atoms in total. The predicted molar refractivity (Wildman–Crippen MR) is 113 cm³/mol. The summed E-state index contributed by atoms with van der Waals surface area (Å²) >= 11 is 1.24. The first-order valence-corrected chi connectivity index (χ1v) is 10.3. The second kappa shape index (κ2) is 8.59. The van der Waals surface area contributed by atoms with Gasteiger partial charge in [-0.25, -0.2) is 0 Å². The highest BCUT2D eigenvalue weighted by Crippen LogP contribution is 2.41. The second-order valence-electron chi connectivity index (χ2n) is 7.08. The summed E-state index contributed by atoms with van der Waals surface area (Å²) < 4.78 is 51.0. The second-order valence-corrected chi connectivity index (χ2v) is 8.11. The maximum Gasteiger partial charge on any atom is 0.420 e. The van der Waals surface area contributed by atoms with Crippen molar-refractivity contribution in [2.75, 3.05) is 7.11 Å². The van der Waals surface area contributed by atoms with E-state index in [9.17, 15) is 18.0 Å². The number of rotatable bonds is 5. The molecule has 4 rings (SSSR count). The van der Waals surface area contributed by atoms with E-state index in [1.807, 2.05) is 0 Å². The van der Waals surface area contributed by atoms with Crippen LogP contribution in [0.4, 0.5) is 13.2 Å². The Labute approximate surface area is 185 Å². The molecule has 0 spiro atoms. The standard InChI is InChI=1S/C22H16F3N3O3S/c1-30-18-9-12(10-19-20(29)28-21(32-19)27-14-4-5-14)2-7-17(18)31-16-6-3-13(11-26)8-15(16)22(23,24)25/h2-3,6-10,14H,4-5H2,1H3,(H,27,28,29). The molecule has 0 bridgehead atoms. The van der Waals surface area contributed by atoms with Crippen molar-refractivity contribution in [3.05, 3.63) is 58.0 Å². The quantitative estimate of drug-likeness (QED) is 0.627. The van der Waals surface area contributed by atoms with Crippen LogP contribution in [-0.4, -0.2) is 24.2 Å². The third-order valence-corrected chi connectivity index (χ3v) is 5.56. The Morgan fingerprint density at radius 3 is 2.59 bits per heavy atom. The number of alkyl halides is 3. The summed E-state index contributed by atoms with van der Waals surface area (Å²) in [6, 6.07) is 9.73. The summed E-state index contributed by atoms with van der Waals surface area (Å²) in [5.41, 5.74) is -0.593. The van der Waals surface area contributed by atoms with Crippen LogP contribution < -0.4 is 14.8 Å². The van der Waals surface area contributed by atoms with Crippen molar-refractivity contribution in [2.45, 2.75) is 25.1 Å². The Morgan fingerprint density at radius 1 is 1.19 bits per heavy atom. The van der Waals surface area contributed by atoms with Crippen LogP contribution in [0.1, 0.15) is 29.5 Å². The van der Waals surface area contributed by atoms with Crippen LogP contribution in [0.2, 0.25) is 0 Å². The van der Waals surface area contributed by atoms with Gasteiger partial charge in [0.25, 0.3) is 5.91 Å². The van der Waals surface area contributed by atoms with Gasteiger partial charge in [0.05, 0.1) is 29.2 Å². The number of halogens is 3. The van der Waals surface area contributed by atoms with Crippen LogP contribution >= 0.6 is 11.8 Å². The van der Waals surface area contributed by atoms with E-state index in [-0.39, 0.29) is 23.0 Å². The molecule has 0 atom stereocenters. The normalized spacial score (nSPS) is 17.2. The molecule has 0 aromatic heterocycles. The smallest absolute Gasteiger partial charge is 0.420 e. The van der Waals surface area contributed by atoms with Gasteiger partial charge in [-0.05, 0) is 66.6 Å². The number of amides is 1. The first-order valence-electron chi connectivity index (χ1n) is 9.53. The van der Waals surface area contributed by atoms with Gasteiger partial charge in [0.15, 0.2) is 16.7 Å². The molecule has 1 amide bonds. The van der Waals surface area contributed by atoms with Crippen molar-refractivity contribution in [3.8, 4) is 23.3 Å². The highest BCUT2D eigenvalue weighted by atomic mass is 32.2. The molecule has 1 heterocycles. The lowest BCUT2D eigenvalue weighted by molar-refractivity contribution is -0.138. The molecule has 2 aromatic rings. The van der Waals surface area contributed by atoms with E-state index in [1.54, 1.807) is 24.3 Å². The molecule has 0 radical (unpaired) electrons. The number of nitrogens with one attached hydrogen (secondary N) is 1. The van der Waals surface area contributed by atoms with Crippen molar-refractivity contribution in [1.82, 2.24) is 5.32 Å². The Morgan fingerprint density at radius 2 is 1.94 bits per heavy atom. The Bertz CT molecular complexity index is 1180. The molecule has 164 valence electrons. The van der Waals surface area contributed by atoms with Gasteiger partial charge in [0.2, 0.25) is 0 Å². The minimum atomic E-state index is -4.70. The van der Waals surface area contributed by atoms with Crippen LogP contribution in [0, 0.1) is 11.3 Å². The SMILES string of the molecule is COc1cc(C=C2SC(NC3CC3)=NC2=O)ccc1Oc1ccc(C#N)cc1C(F)(F)F. The summed E-state index contributed by atoms with van der Waals surface area (Å²) in [6.07, 6.45) is -0.958. The molecule has 10 heteroatoms. The molecule has 0 unspecified atom stereocenters. The first-order chi connectivity index (χ1) is 15.3. The molecule has 2 aliphatic rings. The number of amidine groups is 1. The average Bonchev–Trinajstić information content (AvgIpc) is 3.50. The summed E-state index contributed by atoms with van der Waals surface area (Å²) in [7, 11) is 1.36. The number of ether oxygens (including phenoxy) is 2. The molecular weight excluding hydrogens is 443 g/mol. The van der Waals surface area contributed by atoms with Gasteiger partial charge in [-0.2, -0.15) is 23.4 Å². The highest BCUT2D eigenvalue weighted by molar-refractivity contribution is 8.18. The largest absolute Gasteiger partial charge is 0.493 e. The number of nitrogens with zero attached hydrogens (tertiary/aromatic N) is 2. The van der Waals surface area contributed by atoms with Gasteiger partial charge >= 0.3 is 6.18 Å². The number of carbonyl (C=O) groups is 1. The van der Waals surface area contributed by atoms with Gasteiger partial charge in [-0.3, -0.25) is 4.79 Å². The zero-order valence-electron chi connectivity index (χ0n) is 16.7. The van der Waals surface area contributed by atoms with Crippen molar-refractivity contribution in [3.63, 3.8) is 0 Å². The van der Waals surface area contributed by atoms with E-state index < -0.39 is 17.5 Å². The third-order valence-electron chi connectivity index (χ3n) is 4.64. The maximum absolute atomic E-state index is 13.4. The first kappa shape index (κ1) is 21.8. The van der Waals surface area contributed by atoms with Gasteiger partial charge in [0, 0.05) is 6.04 Å². The average molecular weight is 459 g/mol.